The van der Waals surface area contributed by atoms with Crippen LogP contribution in [0.4, 0.5) is 0 Å². The molecule has 4 heteroatoms. The van der Waals surface area contributed by atoms with Crippen LogP contribution < -0.4 is 11.1 Å². The van der Waals surface area contributed by atoms with Crippen molar-refractivity contribution in [2.24, 2.45) is 5.73 Å². The van der Waals surface area contributed by atoms with E-state index in [4.69, 9.17) is 10.5 Å². The van der Waals surface area contributed by atoms with Gasteiger partial charge in [-0.1, -0.05) is 0 Å². The highest BCUT2D eigenvalue weighted by Crippen LogP contribution is 2.06. The van der Waals surface area contributed by atoms with Gasteiger partial charge in [-0.25, -0.2) is 0 Å². The van der Waals surface area contributed by atoms with Crippen molar-refractivity contribution in [3.05, 3.63) is 0 Å². The maximum atomic E-state index is 11.4. The Kier molecular flexibility index (Phi) is 6.52. The third-order valence-electron chi connectivity index (χ3n) is 2.07. The molecule has 0 aromatic carbocycles. The fraction of sp³-hybridized carbons (Fsp3) is 0.909. The topological polar surface area (TPSA) is 64.3 Å². The molecule has 1 atom stereocenters. The van der Waals surface area contributed by atoms with Crippen molar-refractivity contribution in [1.29, 1.82) is 0 Å². The van der Waals surface area contributed by atoms with Crippen LogP contribution in [0.2, 0.25) is 0 Å². The molecule has 15 heavy (non-hydrogen) atoms. The van der Waals surface area contributed by atoms with Crippen LogP contribution in [-0.4, -0.2) is 30.7 Å². The molecule has 0 radical (unpaired) electrons. The maximum absolute atomic E-state index is 11.4. The molecule has 4 nitrogen and oxygen atoms in total. The zero-order valence-corrected chi connectivity index (χ0v) is 10.3. The first-order valence-corrected chi connectivity index (χ1v) is 5.53. The molecule has 0 aliphatic rings. The number of hydrogen-bond acceptors (Lipinski definition) is 3. The summed E-state index contributed by atoms with van der Waals surface area (Å²) in [5, 5.41) is 2.84. The Hall–Kier alpha value is -0.610. The lowest BCUT2D eigenvalue weighted by molar-refractivity contribution is -0.122. The van der Waals surface area contributed by atoms with E-state index in [1.165, 1.54) is 0 Å². The summed E-state index contributed by atoms with van der Waals surface area (Å²) in [5.74, 6) is 0.0417. The molecule has 0 rings (SSSR count). The Morgan fingerprint density at radius 3 is 2.60 bits per heavy atom. The Bertz CT molecular complexity index is 191. The molecule has 0 heterocycles. The Morgan fingerprint density at radius 1 is 1.53 bits per heavy atom. The largest absolute Gasteiger partial charge is 0.374 e. The molecule has 1 unspecified atom stereocenters. The lowest BCUT2D eigenvalue weighted by atomic mass is 10.1. The van der Waals surface area contributed by atoms with Gasteiger partial charge in [-0.05, 0) is 34.1 Å². The highest BCUT2D eigenvalue weighted by Gasteiger charge is 2.18. The third-order valence-corrected chi connectivity index (χ3v) is 2.07. The molecular weight excluding hydrogens is 192 g/mol. The standard InChI is InChI=1S/C11H24N2O2/c1-5-15-11(3,4)8-13-10(14)7-6-9(2)12/h9H,5-8,12H2,1-4H3,(H,13,14). The second kappa shape index (κ2) is 6.80. The Balaban J connectivity index is 3.70. The number of nitrogens with two attached hydrogens (primary N) is 1. The number of ether oxygens (including phenoxy) is 1. The quantitative estimate of drug-likeness (QED) is 0.668. The molecule has 0 aromatic rings. The van der Waals surface area contributed by atoms with E-state index < -0.39 is 0 Å². The van der Waals surface area contributed by atoms with Crippen molar-refractivity contribution >= 4 is 5.91 Å². The van der Waals surface area contributed by atoms with E-state index >= 15 is 0 Å². The van der Waals surface area contributed by atoms with Gasteiger partial charge in [0.15, 0.2) is 0 Å². The molecule has 3 N–H and O–H groups in total. The fourth-order valence-electron chi connectivity index (χ4n) is 1.20. The number of nitrogens with one attached hydrogen (secondary N) is 1. The first kappa shape index (κ1) is 14.4. The number of carbonyl (C=O) groups excluding carboxylic acids is 1. The van der Waals surface area contributed by atoms with E-state index in [9.17, 15) is 4.79 Å². The molecule has 0 aliphatic heterocycles. The Labute approximate surface area is 92.6 Å². The van der Waals surface area contributed by atoms with E-state index in [0.717, 1.165) is 6.42 Å². The molecule has 0 bridgehead atoms. The van der Waals surface area contributed by atoms with Gasteiger partial charge in [0.05, 0.1) is 5.60 Å². The average Bonchev–Trinajstić information content (AvgIpc) is 2.11. The second-order valence-electron chi connectivity index (χ2n) is 4.49. The molecule has 0 spiro atoms. The lowest BCUT2D eigenvalue weighted by Gasteiger charge is -2.24. The molecule has 90 valence electrons. The van der Waals surface area contributed by atoms with Crippen LogP contribution >= 0.6 is 0 Å². The minimum absolute atomic E-state index is 0.0417. The van der Waals surface area contributed by atoms with Gasteiger partial charge in [-0.2, -0.15) is 0 Å². The van der Waals surface area contributed by atoms with E-state index in [1.54, 1.807) is 0 Å². The van der Waals surface area contributed by atoms with E-state index in [1.807, 2.05) is 27.7 Å². The summed E-state index contributed by atoms with van der Waals surface area (Å²) in [6, 6.07) is 0.0793. The van der Waals surface area contributed by atoms with Crippen LogP contribution in [-0.2, 0) is 9.53 Å². The van der Waals surface area contributed by atoms with Crippen molar-refractivity contribution in [3.63, 3.8) is 0 Å². The van der Waals surface area contributed by atoms with Crippen molar-refractivity contribution in [2.45, 2.75) is 52.2 Å². The Morgan fingerprint density at radius 2 is 2.13 bits per heavy atom. The van der Waals surface area contributed by atoms with E-state index in [2.05, 4.69) is 5.32 Å². The van der Waals surface area contributed by atoms with Gasteiger partial charge < -0.3 is 15.8 Å². The highest BCUT2D eigenvalue weighted by atomic mass is 16.5. The molecule has 0 aliphatic carbocycles. The van der Waals surface area contributed by atoms with Gasteiger partial charge in [0.25, 0.3) is 0 Å². The smallest absolute Gasteiger partial charge is 0.220 e. The summed E-state index contributed by atoms with van der Waals surface area (Å²) < 4.78 is 5.47. The van der Waals surface area contributed by atoms with Crippen LogP contribution in [0.15, 0.2) is 0 Å². The summed E-state index contributed by atoms with van der Waals surface area (Å²) in [6.45, 7) is 8.96. The first-order valence-electron chi connectivity index (χ1n) is 5.53. The van der Waals surface area contributed by atoms with Crippen LogP contribution in [0.25, 0.3) is 0 Å². The predicted molar refractivity (Wildman–Crippen MR) is 61.6 cm³/mol. The molecule has 0 aromatic heterocycles. The first-order chi connectivity index (χ1) is 6.87. The van der Waals surface area contributed by atoms with Gasteiger partial charge in [-0.3, -0.25) is 4.79 Å². The third kappa shape index (κ3) is 8.39. The lowest BCUT2D eigenvalue weighted by Crippen LogP contribution is -2.40. The zero-order chi connectivity index (χ0) is 11.9. The number of rotatable bonds is 7. The van der Waals surface area contributed by atoms with Crippen LogP contribution in [0.5, 0.6) is 0 Å². The van der Waals surface area contributed by atoms with Crippen LogP contribution in [0.1, 0.15) is 40.5 Å². The molecular formula is C11H24N2O2. The molecule has 0 saturated carbocycles. The van der Waals surface area contributed by atoms with Gasteiger partial charge in [0.2, 0.25) is 5.91 Å². The molecule has 0 fully saturated rings. The average molecular weight is 216 g/mol. The van der Waals surface area contributed by atoms with E-state index in [0.29, 0.717) is 19.6 Å². The number of amides is 1. The van der Waals surface area contributed by atoms with Crippen LogP contribution in [0.3, 0.4) is 0 Å². The molecule has 0 saturated heterocycles. The SMILES string of the molecule is CCOC(C)(C)CNC(=O)CCC(C)N. The van der Waals surface area contributed by atoms with Gasteiger partial charge in [0, 0.05) is 25.6 Å². The predicted octanol–water partition coefficient (Wildman–Crippen LogP) is 1.05. The number of carbonyl (C=O) groups is 1. The van der Waals surface area contributed by atoms with Gasteiger partial charge in [0.1, 0.15) is 0 Å². The van der Waals surface area contributed by atoms with Gasteiger partial charge >= 0.3 is 0 Å². The normalized spacial score (nSPS) is 13.7. The van der Waals surface area contributed by atoms with Crippen molar-refractivity contribution in [2.75, 3.05) is 13.2 Å². The van der Waals surface area contributed by atoms with E-state index in [-0.39, 0.29) is 17.6 Å². The van der Waals surface area contributed by atoms with Crippen molar-refractivity contribution in [1.82, 2.24) is 5.32 Å². The summed E-state index contributed by atoms with van der Waals surface area (Å²) in [4.78, 5) is 11.4. The van der Waals surface area contributed by atoms with Gasteiger partial charge in [-0.15, -0.1) is 0 Å². The molecule has 1 amide bonds. The summed E-state index contributed by atoms with van der Waals surface area (Å²) in [6.07, 6.45) is 1.21. The second-order valence-corrected chi connectivity index (χ2v) is 4.49. The zero-order valence-electron chi connectivity index (χ0n) is 10.3. The number of hydrogen-bond donors (Lipinski definition) is 2. The maximum Gasteiger partial charge on any atom is 0.220 e. The minimum atomic E-state index is -0.293. The monoisotopic (exact) mass is 216 g/mol. The fourth-order valence-corrected chi connectivity index (χ4v) is 1.20. The van der Waals surface area contributed by atoms with Crippen LogP contribution in [0, 0.1) is 0 Å². The van der Waals surface area contributed by atoms with Crippen molar-refractivity contribution < 1.29 is 9.53 Å². The highest BCUT2D eigenvalue weighted by molar-refractivity contribution is 5.75. The summed E-state index contributed by atoms with van der Waals surface area (Å²) in [5.41, 5.74) is 5.27. The summed E-state index contributed by atoms with van der Waals surface area (Å²) >= 11 is 0. The minimum Gasteiger partial charge on any atom is -0.374 e. The van der Waals surface area contributed by atoms with Crippen molar-refractivity contribution in [3.8, 4) is 0 Å². The summed E-state index contributed by atoms with van der Waals surface area (Å²) in [7, 11) is 0.